The van der Waals surface area contributed by atoms with Crippen molar-refractivity contribution in [2.45, 2.75) is 77.3 Å². The maximum Gasteiger partial charge on any atom is 0.534 e. The molecule has 0 N–H and O–H groups in total. The summed E-state index contributed by atoms with van der Waals surface area (Å²) in [6.45, 7) is 5.82. The van der Waals surface area contributed by atoms with Crippen LogP contribution in [0, 0.1) is 28.6 Å². The quantitative estimate of drug-likeness (QED) is 0.326. The van der Waals surface area contributed by atoms with Crippen LogP contribution in [-0.2, 0) is 23.8 Å². The Balaban J connectivity index is 1.58. The first-order valence-corrected chi connectivity index (χ1v) is 12.3. The minimum atomic E-state index is -5.65. The summed E-state index contributed by atoms with van der Waals surface area (Å²) in [6.07, 6.45) is 8.75. The number of hydrogen-bond acceptors (Lipinski definition) is 5. The first-order chi connectivity index (χ1) is 14.3. The van der Waals surface area contributed by atoms with Gasteiger partial charge in [-0.2, -0.15) is 21.6 Å². The Morgan fingerprint density at radius 2 is 1.84 bits per heavy atom. The summed E-state index contributed by atoms with van der Waals surface area (Å²) in [4.78, 5) is 11.6. The highest BCUT2D eigenvalue weighted by Gasteiger charge is 2.59. The molecule has 174 valence electrons. The zero-order valence-electron chi connectivity index (χ0n) is 18.0. The van der Waals surface area contributed by atoms with Crippen LogP contribution in [0.4, 0.5) is 13.2 Å². The van der Waals surface area contributed by atoms with Gasteiger partial charge in [-0.3, -0.25) is 4.79 Å². The smallest absolute Gasteiger partial charge is 0.462 e. The lowest BCUT2D eigenvalue weighted by Crippen LogP contribution is -2.50. The molecule has 4 rings (SSSR count). The number of allylic oxidation sites excluding steroid dienone is 4. The molecule has 0 aromatic heterocycles. The van der Waals surface area contributed by atoms with Crippen molar-refractivity contribution in [3.63, 3.8) is 0 Å². The van der Waals surface area contributed by atoms with Crippen LogP contribution in [0.3, 0.4) is 0 Å². The first kappa shape index (κ1) is 22.7. The van der Waals surface area contributed by atoms with Crippen LogP contribution in [-0.4, -0.2) is 26.0 Å². The fraction of sp³-hybridized carbons (Fsp3) is 0.773. The summed E-state index contributed by atoms with van der Waals surface area (Å²) in [7, 11) is -5.65. The van der Waals surface area contributed by atoms with Crippen molar-refractivity contribution in [3.05, 3.63) is 23.5 Å². The number of ether oxygens (including phenoxy) is 1. The first-order valence-electron chi connectivity index (χ1n) is 10.9. The monoisotopic (exact) mass is 462 g/mol. The topological polar surface area (TPSA) is 69.7 Å². The maximum atomic E-state index is 12.7. The number of fused-ring (bicyclic) bond motifs is 5. The molecule has 6 atom stereocenters. The molecule has 9 heteroatoms. The van der Waals surface area contributed by atoms with Crippen molar-refractivity contribution in [1.82, 2.24) is 0 Å². The van der Waals surface area contributed by atoms with Crippen molar-refractivity contribution >= 4 is 16.1 Å². The summed E-state index contributed by atoms with van der Waals surface area (Å²) < 4.78 is 71.0. The second-order valence-electron chi connectivity index (χ2n) is 10.0. The van der Waals surface area contributed by atoms with Crippen molar-refractivity contribution in [1.29, 1.82) is 0 Å². The van der Waals surface area contributed by atoms with E-state index in [4.69, 9.17) is 4.74 Å². The lowest BCUT2D eigenvalue weighted by molar-refractivity contribution is -0.156. The molecule has 0 radical (unpaired) electrons. The van der Waals surface area contributed by atoms with Crippen LogP contribution >= 0.6 is 0 Å². The molecule has 31 heavy (non-hydrogen) atoms. The molecule has 0 aromatic carbocycles. The van der Waals surface area contributed by atoms with E-state index < -0.39 is 15.6 Å². The van der Waals surface area contributed by atoms with Crippen LogP contribution < -0.4 is 0 Å². The largest absolute Gasteiger partial charge is 0.534 e. The third kappa shape index (κ3) is 3.60. The standard InChI is InChI=1S/C22H29F3O5S/c1-13(26)29-19-7-6-17-16-5-4-14-12-15(30-31(27,28)22(23,24)25)8-10-20(14,2)18(16)9-11-21(17,19)3/h4,12,16-19H,5-11H2,1-3H3/t16-,17-,18-,19-,20-,21-/m0/s1. The Morgan fingerprint density at radius 3 is 2.48 bits per heavy atom. The SMILES string of the molecule is CC(=O)O[C@H]1CC[C@H]2[C@@H]3CC=C4C=C(OS(=O)(=O)C(F)(F)F)CC[C@]4(C)[C@H]3CC[C@]12C. The van der Waals surface area contributed by atoms with E-state index >= 15 is 0 Å². The molecule has 4 aliphatic carbocycles. The summed E-state index contributed by atoms with van der Waals surface area (Å²) in [5, 5.41) is 0. The normalized spacial score (nSPS) is 40.1. The van der Waals surface area contributed by atoms with E-state index in [1.807, 2.05) is 0 Å². The average Bonchev–Trinajstić information content (AvgIpc) is 2.97. The highest BCUT2D eigenvalue weighted by Crippen LogP contribution is 2.65. The highest BCUT2D eigenvalue weighted by atomic mass is 32.2. The second kappa shape index (κ2) is 7.25. The Bertz CT molecular complexity index is 937. The fourth-order valence-corrected chi connectivity index (χ4v) is 7.41. The van der Waals surface area contributed by atoms with E-state index in [0.29, 0.717) is 24.2 Å². The van der Waals surface area contributed by atoms with E-state index in [2.05, 4.69) is 24.1 Å². The molecule has 2 fully saturated rings. The lowest BCUT2D eigenvalue weighted by atomic mass is 9.48. The number of halogens is 3. The van der Waals surface area contributed by atoms with Crippen molar-refractivity contribution in [3.8, 4) is 0 Å². The van der Waals surface area contributed by atoms with Gasteiger partial charge in [0.1, 0.15) is 11.9 Å². The van der Waals surface area contributed by atoms with Gasteiger partial charge in [-0.05, 0) is 73.3 Å². The van der Waals surface area contributed by atoms with Gasteiger partial charge in [0.05, 0.1) is 0 Å². The van der Waals surface area contributed by atoms with E-state index in [1.54, 1.807) is 0 Å². The van der Waals surface area contributed by atoms with Gasteiger partial charge in [0.25, 0.3) is 0 Å². The summed E-state index contributed by atoms with van der Waals surface area (Å²) in [5.41, 5.74) is -4.83. The van der Waals surface area contributed by atoms with Crippen LogP contribution in [0.1, 0.15) is 65.7 Å². The lowest BCUT2D eigenvalue weighted by Gasteiger charge is -2.56. The van der Waals surface area contributed by atoms with Crippen molar-refractivity contribution < 1.29 is 35.3 Å². The predicted molar refractivity (Wildman–Crippen MR) is 107 cm³/mol. The molecule has 2 saturated carbocycles. The van der Waals surface area contributed by atoms with Gasteiger partial charge in [0.2, 0.25) is 0 Å². The minimum absolute atomic E-state index is 0.0475. The van der Waals surface area contributed by atoms with Gasteiger partial charge in [0, 0.05) is 18.8 Å². The molecule has 5 nitrogen and oxygen atoms in total. The molecule has 0 heterocycles. The second-order valence-corrected chi connectivity index (χ2v) is 11.5. The molecular formula is C22H29F3O5S. The molecular weight excluding hydrogens is 433 g/mol. The molecule has 0 unspecified atom stereocenters. The van der Waals surface area contributed by atoms with E-state index in [-0.39, 0.29) is 35.1 Å². The number of carbonyl (C=O) groups is 1. The minimum Gasteiger partial charge on any atom is -0.462 e. The van der Waals surface area contributed by atoms with Crippen molar-refractivity contribution in [2.75, 3.05) is 0 Å². The molecule has 4 aliphatic rings. The third-order valence-electron chi connectivity index (χ3n) is 8.45. The molecule has 0 amide bonds. The van der Waals surface area contributed by atoms with Crippen LogP contribution in [0.2, 0.25) is 0 Å². The van der Waals surface area contributed by atoms with E-state index in [9.17, 15) is 26.4 Å². The van der Waals surface area contributed by atoms with Gasteiger partial charge < -0.3 is 8.92 Å². The zero-order chi connectivity index (χ0) is 22.8. The fourth-order valence-electron chi connectivity index (χ4n) is 6.90. The Morgan fingerprint density at radius 1 is 1.13 bits per heavy atom. The Kier molecular flexibility index (Phi) is 5.30. The molecule has 0 aromatic rings. The molecule has 0 bridgehead atoms. The molecule has 0 saturated heterocycles. The Labute approximate surface area is 181 Å². The summed E-state index contributed by atoms with van der Waals surface area (Å²) in [5.74, 6) is 0.820. The van der Waals surface area contributed by atoms with Gasteiger partial charge in [-0.25, -0.2) is 0 Å². The number of carbonyl (C=O) groups excluding carboxylic acids is 1. The Hall–Kier alpha value is -1.51. The number of alkyl halides is 3. The van der Waals surface area contributed by atoms with Gasteiger partial charge in [-0.1, -0.05) is 19.9 Å². The van der Waals surface area contributed by atoms with Crippen LogP contribution in [0.25, 0.3) is 0 Å². The molecule has 0 spiro atoms. The summed E-state index contributed by atoms with van der Waals surface area (Å²) >= 11 is 0. The molecule has 0 aliphatic heterocycles. The van der Waals surface area contributed by atoms with Crippen LogP contribution in [0.15, 0.2) is 23.5 Å². The third-order valence-corrected chi connectivity index (χ3v) is 9.45. The number of hydrogen-bond donors (Lipinski definition) is 0. The predicted octanol–water partition coefficient (Wildman–Crippen LogP) is 5.24. The van der Waals surface area contributed by atoms with E-state index in [0.717, 1.165) is 37.7 Å². The van der Waals surface area contributed by atoms with Gasteiger partial charge >= 0.3 is 21.6 Å². The maximum absolute atomic E-state index is 12.7. The summed E-state index contributed by atoms with van der Waals surface area (Å²) in [6, 6.07) is 0. The van der Waals surface area contributed by atoms with Gasteiger partial charge in [-0.15, -0.1) is 0 Å². The number of rotatable bonds is 3. The number of esters is 1. The van der Waals surface area contributed by atoms with Crippen molar-refractivity contribution in [2.24, 2.45) is 28.6 Å². The van der Waals surface area contributed by atoms with E-state index in [1.165, 1.54) is 13.0 Å². The van der Waals surface area contributed by atoms with Gasteiger partial charge in [0.15, 0.2) is 0 Å². The van der Waals surface area contributed by atoms with Crippen LogP contribution in [0.5, 0.6) is 0 Å². The average molecular weight is 463 g/mol. The zero-order valence-corrected chi connectivity index (χ0v) is 18.8. The highest BCUT2D eigenvalue weighted by molar-refractivity contribution is 7.87.